The van der Waals surface area contributed by atoms with Crippen LogP contribution < -0.4 is 10.1 Å². The van der Waals surface area contributed by atoms with Gasteiger partial charge in [0.2, 0.25) is 5.91 Å². The fourth-order valence-electron chi connectivity index (χ4n) is 2.91. The second kappa shape index (κ2) is 11.5. The molecule has 0 heterocycles. The highest BCUT2D eigenvalue weighted by atomic mass is 35.5. The number of carbonyl (C=O) groups is 2. The second-order valence-electron chi connectivity index (χ2n) is 7.29. The Kier molecular flexibility index (Phi) is 9.00. The van der Waals surface area contributed by atoms with Gasteiger partial charge >= 0.3 is 0 Å². The van der Waals surface area contributed by atoms with Gasteiger partial charge in [0.05, 0.1) is 5.02 Å². The minimum atomic E-state index is -0.573. The number of nitrogens with zero attached hydrogens (tertiary/aromatic N) is 1. The molecule has 0 unspecified atom stereocenters. The second-order valence-corrected chi connectivity index (χ2v) is 7.70. The molecule has 29 heavy (non-hydrogen) atoms. The third kappa shape index (κ3) is 7.09. The van der Waals surface area contributed by atoms with Crippen LogP contribution in [0.2, 0.25) is 5.02 Å². The van der Waals surface area contributed by atoms with Gasteiger partial charge < -0.3 is 15.0 Å². The number of hydrogen-bond acceptors (Lipinski definition) is 3. The van der Waals surface area contributed by atoms with Crippen LogP contribution >= 0.6 is 11.6 Å². The van der Waals surface area contributed by atoms with Crippen molar-refractivity contribution in [2.24, 2.45) is 5.92 Å². The number of carbonyl (C=O) groups excluding carboxylic acids is 2. The molecule has 5 nitrogen and oxygen atoms in total. The van der Waals surface area contributed by atoms with E-state index in [1.807, 2.05) is 51.1 Å². The Labute approximate surface area is 178 Å². The Hall–Kier alpha value is -2.53. The molecular weight excluding hydrogens is 388 g/mol. The quantitative estimate of drug-likeness (QED) is 0.628. The molecule has 0 fully saturated rings. The van der Waals surface area contributed by atoms with Crippen LogP contribution in [-0.4, -0.2) is 35.9 Å². The minimum absolute atomic E-state index is 0.150. The van der Waals surface area contributed by atoms with Crippen LogP contribution in [0.25, 0.3) is 0 Å². The molecule has 0 spiro atoms. The Morgan fingerprint density at radius 3 is 2.34 bits per heavy atom. The molecular formula is C23H29ClN2O3. The molecule has 2 amide bonds. The number of amides is 2. The molecule has 0 aliphatic heterocycles. The van der Waals surface area contributed by atoms with Gasteiger partial charge in [-0.25, -0.2) is 0 Å². The van der Waals surface area contributed by atoms with Gasteiger partial charge in [0.15, 0.2) is 6.61 Å². The predicted octanol–water partition coefficient (Wildman–Crippen LogP) is 4.30. The van der Waals surface area contributed by atoms with Gasteiger partial charge in [-0.2, -0.15) is 0 Å². The lowest BCUT2D eigenvalue weighted by Gasteiger charge is -2.30. The van der Waals surface area contributed by atoms with Crippen LogP contribution in [0.1, 0.15) is 32.8 Å². The molecule has 6 heteroatoms. The summed E-state index contributed by atoms with van der Waals surface area (Å²) in [6, 6.07) is 16.1. The van der Waals surface area contributed by atoms with Crippen molar-refractivity contribution in [3.8, 4) is 5.75 Å². The van der Waals surface area contributed by atoms with E-state index in [0.29, 0.717) is 36.2 Å². The highest BCUT2D eigenvalue weighted by Crippen LogP contribution is 2.23. The van der Waals surface area contributed by atoms with E-state index in [1.54, 1.807) is 29.2 Å². The monoisotopic (exact) mass is 416 g/mol. The average molecular weight is 417 g/mol. The minimum Gasteiger partial charge on any atom is -0.482 e. The third-order valence-corrected chi connectivity index (χ3v) is 4.77. The lowest BCUT2D eigenvalue weighted by Crippen LogP contribution is -2.50. The van der Waals surface area contributed by atoms with Gasteiger partial charge in [0.25, 0.3) is 5.91 Å². The van der Waals surface area contributed by atoms with Gasteiger partial charge in [0, 0.05) is 13.1 Å². The molecule has 1 atom stereocenters. The first-order chi connectivity index (χ1) is 13.9. The first-order valence-electron chi connectivity index (χ1n) is 9.90. The van der Waals surface area contributed by atoms with Crippen molar-refractivity contribution in [1.29, 1.82) is 0 Å². The Morgan fingerprint density at radius 2 is 1.72 bits per heavy atom. The maximum Gasteiger partial charge on any atom is 0.261 e. The van der Waals surface area contributed by atoms with Crippen molar-refractivity contribution in [2.75, 3.05) is 13.2 Å². The van der Waals surface area contributed by atoms with Crippen molar-refractivity contribution >= 4 is 23.4 Å². The summed E-state index contributed by atoms with van der Waals surface area (Å²) in [4.78, 5) is 27.4. The molecule has 0 radical (unpaired) electrons. The van der Waals surface area contributed by atoms with Crippen LogP contribution in [0.5, 0.6) is 5.75 Å². The number of ether oxygens (including phenoxy) is 1. The Morgan fingerprint density at radius 1 is 1.07 bits per heavy atom. The molecule has 2 rings (SSSR count). The first kappa shape index (κ1) is 22.8. The molecule has 0 aromatic heterocycles. The summed E-state index contributed by atoms with van der Waals surface area (Å²) in [7, 11) is 0. The fourth-order valence-corrected chi connectivity index (χ4v) is 3.10. The van der Waals surface area contributed by atoms with Gasteiger partial charge in [-0.1, -0.05) is 74.8 Å². The van der Waals surface area contributed by atoms with Crippen LogP contribution in [0.15, 0.2) is 54.6 Å². The van der Waals surface area contributed by atoms with E-state index in [-0.39, 0.29) is 18.4 Å². The highest BCUT2D eigenvalue weighted by molar-refractivity contribution is 6.32. The van der Waals surface area contributed by atoms with Crippen molar-refractivity contribution in [3.63, 3.8) is 0 Å². The summed E-state index contributed by atoms with van der Waals surface area (Å²) >= 11 is 6.11. The van der Waals surface area contributed by atoms with Crippen molar-refractivity contribution < 1.29 is 14.3 Å². The molecule has 0 saturated carbocycles. The molecule has 2 aromatic rings. The number of hydrogen-bond donors (Lipinski definition) is 1. The molecule has 0 aliphatic rings. The van der Waals surface area contributed by atoms with E-state index >= 15 is 0 Å². The van der Waals surface area contributed by atoms with E-state index in [0.717, 1.165) is 5.56 Å². The fraction of sp³-hybridized carbons (Fsp3) is 0.391. The molecule has 0 saturated heterocycles. The number of benzene rings is 2. The van der Waals surface area contributed by atoms with Crippen LogP contribution in [0, 0.1) is 5.92 Å². The summed E-state index contributed by atoms with van der Waals surface area (Å²) in [5, 5.41) is 3.38. The Balaban J connectivity index is 2.17. The van der Waals surface area contributed by atoms with Gasteiger partial charge in [-0.3, -0.25) is 9.59 Å². The zero-order valence-corrected chi connectivity index (χ0v) is 18.0. The summed E-state index contributed by atoms with van der Waals surface area (Å²) in [6.45, 7) is 6.68. The molecule has 156 valence electrons. The third-order valence-electron chi connectivity index (χ3n) is 4.45. The smallest absolute Gasteiger partial charge is 0.261 e. The average Bonchev–Trinajstić information content (AvgIpc) is 2.72. The van der Waals surface area contributed by atoms with Crippen LogP contribution in [0.4, 0.5) is 0 Å². The van der Waals surface area contributed by atoms with E-state index in [1.165, 1.54) is 0 Å². The van der Waals surface area contributed by atoms with Gasteiger partial charge in [-0.15, -0.1) is 0 Å². The largest absolute Gasteiger partial charge is 0.482 e. The highest BCUT2D eigenvalue weighted by Gasteiger charge is 2.29. The predicted molar refractivity (Wildman–Crippen MR) is 116 cm³/mol. The van der Waals surface area contributed by atoms with E-state index in [4.69, 9.17) is 16.3 Å². The molecule has 1 N–H and O–H groups in total. The van der Waals surface area contributed by atoms with E-state index in [9.17, 15) is 9.59 Å². The van der Waals surface area contributed by atoms with E-state index < -0.39 is 6.04 Å². The van der Waals surface area contributed by atoms with Crippen molar-refractivity contribution in [1.82, 2.24) is 10.2 Å². The number of halogens is 1. The first-order valence-corrected chi connectivity index (χ1v) is 10.3. The zero-order chi connectivity index (χ0) is 21.2. The SMILES string of the molecule is CC[C@H](C(=O)NCC(C)C)N(Cc1ccccc1)C(=O)COc1ccccc1Cl. The maximum absolute atomic E-state index is 13.1. The lowest BCUT2D eigenvalue weighted by molar-refractivity contribution is -0.143. The topological polar surface area (TPSA) is 58.6 Å². The normalized spacial score (nSPS) is 11.8. The Bertz CT molecular complexity index is 796. The summed E-state index contributed by atoms with van der Waals surface area (Å²) in [6.07, 6.45) is 0.509. The standard InChI is InChI=1S/C23H29ClN2O3/c1-4-20(23(28)25-14-17(2)3)26(15-18-10-6-5-7-11-18)22(27)16-29-21-13-9-8-12-19(21)24/h5-13,17,20H,4,14-16H2,1-3H3,(H,25,28)/t20-/m1/s1. The summed E-state index contributed by atoms with van der Waals surface area (Å²) < 4.78 is 5.63. The molecule has 2 aromatic carbocycles. The van der Waals surface area contributed by atoms with Gasteiger partial charge in [-0.05, 0) is 30.0 Å². The summed E-state index contributed by atoms with van der Waals surface area (Å²) in [5.41, 5.74) is 0.953. The van der Waals surface area contributed by atoms with Crippen molar-refractivity contribution in [2.45, 2.75) is 39.8 Å². The van der Waals surface area contributed by atoms with Crippen molar-refractivity contribution in [3.05, 3.63) is 65.2 Å². The van der Waals surface area contributed by atoms with Crippen LogP contribution in [-0.2, 0) is 16.1 Å². The van der Waals surface area contributed by atoms with Gasteiger partial charge in [0.1, 0.15) is 11.8 Å². The number of para-hydroxylation sites is 1. The maximum atomic E-state index is 13.1. The molecule has 0 aliphatic carbocycles. The van der Waals surface area contributed by atoms with E-state index in [2.05, 4.69) is 5.32 Å². The zero-order valence-electron chi connectivity index (χ0n) is 17.2. The molecule has 0 bridgehead atoms. The lowest BCUT2D eigenvalue weighted by atomic mass is 10.1. The summed E-state index contributed by atoms with van der Waals surface area (Å²) in [5.74, 6) is 0.362. The number of rotatable bonds is 10. The van der Waals surface area contributed by atoms with Crippen LogP contribution in [0.3, 0.4) is 0 Å². The number of nitrogens with one attached hydrogen (secondary N) is 1.